The minimum atomic E-state index is -1.28. The minimum Gasteiger partial charge on any atom is -0.379 e. The molecule has 0 unspecified atom stereocenters. The maximum Gasteiger partial charge on any atom is 0.255 e. The highest BCUT2D eigenvalue weighted by atomic mass is 16.3. The summed E-state index contributed by atoms with van der Waals surface area (Å²) in [6.07, 6.45) is 7.71. The van der Waals surface area contributed by atoms with Gasteiger partial charge in [0.25, 0.3) is 5.91 Å². The summed E-state index contributed by atoms with van der Waals surface area (Å²) >= 11 is 0. The Balaban J connectivity index is 1.38. The molecule has 6 heteroatoms. The zero-order valence-corrected chi connectivity index (χ0v) is 16.9. The van der Waals surface area contributed by atoms with Crippen LogP contribution in [0.4, 0.5) is 0 Å². The van der Waals surface area contributed by atoms with Gasteiger partial charge >= 0.3 is 0 Å². The molecule has 2 aliphatic rings. The molecule has 1 saturated carbocycles. The Hall–Kier alpha value is -1.92. The van der Waals surface area contributed by atoms with E-state index in [1.54, 1.807) is 0 Å². The van der Waals surface area contributed by atoms with Crippen molar-refractivity contribution in [2.75, 3.05) is 26.7 Å². The molecule has 0 bridgehead atoms. The molecule has 28 heavy (non-hydrogen) atoms. The van der Waals surface area contributed by atoms with Gasteiger partial charge < -0.3 is 15.0 Å². The number of carbonyl (C=O) groups is 1. The summed E-state index contributed by atoms with van der Waals surface area (Å²) in [6, 6.07) is 7.95. The number of nitrogens with zero attached hydrogens (tertiary/aromatic N) is 3. The number of rotatable bonds is 6. The topological polar surface area (TPSA) is 72.5 Å². The lowest BCUT2D eigenvalue weighted by atomic mass is 9.86. The van der Waals surface area contributed by atoms with Gasteiger partial charge in [0.15, 0.2) is 5.60 Å². The predicted octanol–water partition coefficient (Wildman–Crippen LogP) is 2.93. The van der Waals surface area contributed by atoms with Crippen LogP contribution in [0.2, 0.25) is 0 Å². The van der Waals surface area contributed by atoms with Gasteiger partial charge in [0.1, 0.15) is 5.82 Å². The lowest BCUT2D eigenvalue weighted by Crippen LogP contribution is -2.58. The second kappa shape index (κ2) is 8.21. The molecule has 6 nitrogen and oxygen atoms in total. The molecule has 152 valence electrons. The van der Waals surface area contributed by atoms with Crippen molar-refractivity contribution in [3.8, 4) is 0 Å². The molecule has 1 aliphatic carbocycles. The third kappa shape index (κ3) is 4.23. The van der Waals surface area contributed by atoms with E-state index >= 15 is 0 Å². The molecule has 4 rings (SSSR count). The summed E-state index contributed by atoms with van der Waals surface area (Å²) in [5.74, 6) is 1.38. The monoisotopic (exact) mass is 384 g/mol. The first-order chi connectivity index (χ1) is 13.5. The number of hydrogen-bond acceptors (Lipinski definition) is 4. The first-order valence-electron chi connectivity index (χ1n) is 10.7. The standard InChI is InChI=1S/C22H32N4O2/c1-25(15-20-23-18-10-5-6-11-19(18)24-20)16-22(28)12-7-13-26(21(22)27)14-17-8-3-2-4-9-17/h5-6,10-11,17,28H,2-4,7-9,12-16H2,1H3,(H,23,24)/t22-/m1/s1. The van der Waals surface area contributed by atoms with Gasteiger partial charge in [-0.1, -0.05) is 31.4 Å². The third-order valence-electron chi connectivity index (χ3n) is 6.30. The molecule has 1 saturated heterocycles. The molecule has 1 aliphatic heterocycles. The lowest BCUT2D eigenvalue weighted by molar-refractivity contribution is -0.160. The van der Waals surface area contributed by atoms with Crippen LogP contribution in [0, 0.1) is 5.92 Å². The van der Waals surface area contributed by atoms with Gasteiger partial charge in [-0.2, -0.15) is 0 Å². The molecular formula is C22H32N4O2. The quantitative estimate of drug-likeness (QED) is 0.803. The number of aliphatic hydroxyl groups is 1. The van der Waals surface area contributed by atoms with Crippen LogP contribution >= 0.6 is 0 Å². The van der Waals surface area contributed by atoms with E-state index in [4.69, 9.17) is 0 Å². The number of imidazole rings is 1. The second-order valence-electron chi connectivity index (χ2n) is 8.76. The zero-order valence-electron chi connectivity index (χ0n) is 16.9. The highest BCUT2D eigenvalue weighted by Crippen LogP contribution is 2.29. The molecule has 2 N–H and O–H groups in total. The Bertz CT molecular complexity index is 781. The van der Waals surface area contributed by atoms with Gasteiger partial charge in [-0.05, 0) is 50.8 Å². The maximum atomic E-state index is 13.1. The first kappa shape index (κ1) is 19.4. The van der Waals surface area contributed by atoms with Crippen LogP contribution in [-0.2, 0) is 11.3 Å². The van der Waals surface area contributed by atoms with Gasteiger partial charge in [-0.3, -0.25) is 9.69 Å². The Morgan fingerprint density at radius 2 is 2.04 bits per heavy atom. The number of H-pyrrole nitrogens is 1. The number of piperidine rings is 1. The molecule has 0 spiro atoms. The second-order valence-corrected chi connectivity index (χ2v) is 8.76. The minimum absolute atomic E-state index is 0.0826. The summed E-state index contributed by atoms with van der Waals surface area (Å²) in [5.41, 5.74) is 0.669. The zero-order chi connectivity index (χ0) is 19.6. The molecule has 0 radical (unpaired) electrons. The maximum absolute atomic E-state index is 13.1. The summed E-state index contributed by atoms with van der Waals surface area (Å²) in [5, 5.41) is 11.2. The van der Waals surface area contributed by atoms with Crippen LogP contribution in [0.25, 0.3) is 11.0 Å². The molecule has 2 fully saturated rings. The smallest absolute Gasteiger partial charge is 0.255 e. The molecule has 1 aromatic heterocycles. The number of likely N-dealkylation sites (N-methyl/N-ethyl adjacent to an activating group) is 1. The van der Waals surface area contributed by atoms with E-state index in [2.05, 4.69) is 9.97 Å². The fraction of sp³-hybridized carbons (Fsp3) is 0.636. The van der Waals surface area contributed by atoms with Crippen molar-refractivity contribution in [3.05, 3.63) is 30.1 Å². The van der Waals surface area contributed by atoms with Gasteiger partial charge in [-0.15, -0.1) is 0 Å². The molecule has 1 amide bonds. The lowest BCUT2D eigenvalue weighted by Gasteiger charge is -2.41. The number of nitrogens with one attached hydrogen (secondary N) is 1. The van der Waals surface area contributed by atoms with E-state index in [0.29, 0.717) is 25.4 Å². The predicted molar refractivity (Wildman–Crippen MR) is 110 cm³/mol. The number of amides is 1. The Kier molecular flexibility index (Phi) is 5.69. The van der Waals surface area contributed by atoms with Crippen LogP contribution in [-0.4, -0.2) is 63.1 Å². The summed E-state index contributed by atoms with van der Waals surface area (Å²) < 4.78 is 0. The Morgan fingerprint density at radius 3 is 2.82 bits per heavy atom. The van der Waals surface area contributed by atoms with E-state index in [1.807, 2.05) is 41.1 Å². The number of benzene rings is 1. The molecule has 1 atom stereocenters. The summed E-state index contributed by atoms with van der Waals surface area (Å²) in [4.78, 5) is 24.9. The fourth-order valence-corrected chi connectivity index (χ4v) is 4.91. The van der Waals surface area contributed by atoms with E-state index < -0.39 is 5.60 Å². The number of carbonyl (C=O) groups excluding carboxylic acids is 1. The van der Waals surface area contributed by atoms with Crippen LogP contribution in [0.1, 0.15) is 50.8 Å². The largest absolute Gasteiger partial charge is 0.379 e. The molecular weight excluding hydrogens is 352 g/mol. The average molecular weight is 385 g/mol. The van der Waals surface area contributed by atoms with E-state index in [0.717, 1.165) is 36.4 Å². The average Bonchev–Trinajstić information content (AvgIpc) is 3.08. The number of aromatic nitrogens is 2. The highest BCUT2D eigenvalue weighted by Gasteiger charge is 2.43. The van der Waals surface area contributed by atoms with Crippen LogP contribution in [0.15, 0.2) is 24.3 Å². The van der Waals surface area contributed by atoms with Crippen LogP contribution in [0.3, 0.4) is 0 Å². The number of hydrogen-bond donors (Lipinski definition) is 2. The number of fused-ring (bicyclic) bond motifs is 1. The van der Waals surface area contributed by atoms with Crippen molar-refractivity contribution in [3.63, 3.8) is 0 Å². The van der Waals surface area contributed by atoms with Gasteiger partial charge in [0.2, 0.25) is 0 Å². The Labute approximate surface area is 166 Å². The van der Waals surface area contributed by atoms with Gasteiger partial charge in [0.05, 0.1) is 17.6 Å². The summed E-state index contributed by atoms with van der Waals surface area (Å²) in [6.45, 7) is 2.51. The van der Waals surface area contributed by atoms with Crippen molar-refractivity contribution >= 4 is 16.9 Å². The summed E-state index contributed by atoms with van der Waals surface area (Å²) in [7, 11) is 1.94. The van der Waals surface area contributed by atoms with Crippen molar-refractivity contribution in [2.24, 2.45) is 5.92 Å². The number of aromatic amines is 1. The number of para-hydroxylation sites is 2. The Morgan fingerprint density at radius 1 is 1.25 bits per heavy atom. The van der Waals surface area contributed by atoms with Gasteiger partial charge in [-0.25, -0.2) is 4.98 Å². The van der Waals surface area contributed by atoms with Crippen molar-refractivity contribution in [1.82, 2.24) is 19.8 Å². The molecule has 2 heterocycles. The van der Waals surface area contributed by atoms with E-state index in [-0.39, 0.29) is 5.91 Å². The normalized spacial score (nSPS) is 24.4. The SMILES string of the molecule is CN(Cc1nc2ccccc2[nH]1)C[C@]1(O)CCCN(CC2CCCCC2)C1=O. The third-order valence-corrected chi connectivity index (χ3v) is 6.30. The van der Waals surface area contributed by atoms with Crippen molar-refractivity contribution in [1.29, 1.82) is 0 Å². The van der Waals surface area contributed by atoms with Gasteiger partial charge in [0, 0.05) is 19.6 Å². The first-order valence-corrected chi connectivity index (χ1v) is 10.7. The van der Waals surface area contributed by atoms with Crippen LogP contribution in [0.5, 0.6) is 0 Å². The van der Waals surface area contributed by atoms with Crippen molar-refractivity contribution < 1.29 is 9.90 Å². The molecule has 2 aromatic rings. The van der Waals surface area contributed by atoms with Crippen molar-refractivity contribution in [2.45, 2.75) is 57.1 Å². The van der Waals surface area contributed by atoms with Crippen LogP contribution < -0.4 is 0 Å². The van der Waals surface area contributed by atoms with E-state index in [9.17, 15) is 9.90 Å². The highest BCUT2D eigenvalue weighted by molar-refractivity contribution is 5.86. The van der Waals surface area contributed by atoms with E-state index in [1.165, 1.54) is 32.1 Å². The fourth-order valence-electron chi connectivity index (χ4n) is 4.91. The number of likely N-dealkylation sites (tertiary alicyclic amines) is 1. The molecule has 1 aromatic carbocycles.